The van der Waals surface area contributed by atoms with Gasteiger partial charge in [0.25, 0.3) is 0 Å². The fourth-order valence-corrected chi connectivity index (χ4v) is 3.11. The van der Waals surface area contributed by atoms with E-state index < -0.39 is 0 Å². The van der Waals surface area contributed by atoms with Gasteiger partial charge in [-0.3, -0.25) is 5.43 Å². The fourth-order valence-electron chi connectivity index (χ4n) is 1.32. The summed E-state index contributed by atoms with van der Waals surface area (Å²) in [4.78, 5) is 0. The number of hydrogen-bond donors (Lipinski definition) is 2. The van der Waals surface area contributed by atoms with Gasteiger partial charge >= 0.3 is 0 Å². The number of aliphatic hydroxyl groups excluding tert-OH is 1. The monoisotopic (exact) mass is 248 g/mol. The minimum Gasteiger partial charge on any atom is -0.396 e. The molecule has 1 rings (SSSR count). The van der Waals surface area contributed by atoms with Gasteiger partial charge in [0, 0.05) is 12.4 Å². The zero-order valence-corrected chi connectivity index (χ0v) is 10.9. The van der Waals surface area contributed by atoms with E-state index in [-0.39, 0.29) is 0 Å². The number of hydrogen-bond acceptors (Lipinski definition) is 5. The molecule has 2 N–H and O–H groups in total. The molecule has 0 amide bonds. The Morgan fingerprint density at radius 3 is 3.07 bits per heavy atom. The molecule has 3 nitrogen and oxygen atoms in total. The van der Waals surface area contributed by atoms with Gasteiger partial charge in [-0.05, 0) is 18.8 Å². The first-order chi connectivity index (χ1) is 7.33. The van der Waals surface area contributed by atoms with Gasteiger partial charge in [0.15, 0.2) is 4.38 Å². The van der Waals surface area contributed by atoms with Crippen LogP contribution in [0.1, 0.15) is 32.6 Å². The lowest BCUT2D eigenvalue weighted by atomic mass is 10.0. The molecule has 0 aromatic carbocycles. The second kappa shape index (κ2) is 8.30. The zero-order chi connectivity index (χ0) is 10.9. The number of hydrazone groups is 1. The summed E-state index contributed by atoms with van der Waals surface area (Å²) in [6.07, 6.45) is 4.91. The molecule has 1 aliphatic rings. The summed E-state index contributed by atoms with van der Waals surface area (Å²) < 4.78 is 1.18. The van der Waals surface area contributed by atoms with E-state index in [1.807, 2.05) is 11.8 Å². The van der Waals surface area contributed by atoms with Crippen molar-refractivity contribution in [3.8, 4) is 0 Å². The van der Waals surface area contributed by atoms with Crippen LogP contribution in [0.3, 0.4) is 0 Å². The third-order valence-corrected chi connectivity index (χ3v) is 4.46. The smallest absolute Gasteiger partial charge is 0.151 e. The summed E-state index contributed by atoms with van der Waals surface area (Å²) in [6.45, 7) is 2.43. The summed E-state index contributed by atoms with van der Waals surface area (Å²) in [5.41, 5.74) is 2.95. The molecule has 15 heavy (non-hydrogen) atoms. The maximum atomic E-state index is 8.85. The summed E-state index contributed by atoms with van der Waals surface area (Å²) in [5, 5.41) is 13.0. The Morgan fingerprint density at radius 1 is 1.53 bits per heavy atom. The van der Waals surface area contributed by atoms with Crippen molar-refractivity contribution in [2.24, 2.45) is 11.0 Å². The van der Waals surface area contributed by atoms with Crippen molar-refractivity contribution in [3.63, 3.8) is 0 Å². The number of nitrogens with zero attached hydrogens (tertiary/aromatic N) is 1. The minimum atomic E-state index is 0.327. The predicted molar refractivity (Wildman–Crippen MR) is 70.2 cm³/mol. The second-order valence-corrected chi connectivity index (χ2v) is 6.12. The first-order valence-electron chi connectivity index (χ1n) is 5.50. The summed E-state index contributed by atoms with van der Waals surface area (Å²) in [5.74, 6) is 2.56. The first kappa shape index (κ1) is 13.2. The Balaban J connectivity index is 1.84. The molecule has 0 radical (unpaired) electrons. The van der Waals surface area contributed by atoms with Crippen LogP contribution >= 0.6 is 23.5 Å². The van der Waals surface area contributed by atoms with Crippen LogP contribution in [0, 0.1) is 5.92 Å². The minimum absolute atomic E-state index is 0.327. The van der Waals surface area contributed by atoms with E-state index in [2.05, 4.69) is 17.5 Å². The average Bonchev–Trinajstić information content (AvgIpc) is 2.75. The molecular formula is C10H20N2OS2. The molecule has 5 heteroatoms. The van der Waals surface area contributed by atoms with Crippen LogP contribution in [0.15, 0.2) is 5.10 Å². The number of rotatable bonds is 7. The Bertz CT molecular complexity index is 200. The summed E-state index contributed by atoms with van der Waals surface area (Å²) in [7, 11) is 0. The highest BCUT2D eigenvalue weighted by Gasteiger charge is 2.06. The molecule has 0 aromatic heterocycles. The molecule has 1 unspecified atom stereocenters. The van der Waals surface area contributed by atoms with Crippen molar-refractivity contribution in [1.29, 1.82) is 0 Å². The second-order valence-electron chi connectivity index (χ2n) is 3.81. The topological polar surface area (TPSA) is 44.6 Å². The largest absolute Gasteiger partial charge is 0.396 e. The molecular weight excluding hydrogens is 228 g/mol. The molecule has 0 aliphatic carbocycles. The standard InChI is InChI=1S/C10H20N2OS2/c1-9(7-13)5-3-2-4-6-14-10-12-11-8-15-10/h9,11,13H,2-8H2,1H3. The number of unbranched alkanes of at least 4 members (excludes halogenated alkanes) is 2. The van der Waals surface area contributed by atoms with Crippen LogP contribution in [0.2, 0.25) is 0 Å². The van der Waals surface area contributed by atoms with Crippen molar-refractivity contribution >= 4 is 27.9 Å². The van der Waals surface area contributed by atoms with Gasteiger partial charge in [-0.15, -0.1) is 0 Å². The van der Waals surface area contributed by atoms with Crippen LogP contribution in [-0.2, 0) is 0 Å². The number of thioether (sulfide) groups is 2. The molecule has 0 bridgehead atoms. The highest BCUT2D eigenvalue weighted by Crippen LogP contribution is 2.21. The van der Waals surface area contributed by atoms with Crippen molar-refractivity contribution in [2.45, 2.75) is 32.6 Å². The first-order valence-corrected chi connectivity index (χ1v) is 7.47. The Hall–Kier alpha value is 0.130. The molecule has 1 aliphatic heterocycles. The lowest BCUT2D eigenvalue weighted by Gasteiger charge is -2.06. The quantitative estimate of drug-likeness (QED) is 0.679. The van der Waals surface area contributed by atoms with Crippen LogP contribution in [0.4, 0.5) is 0 Å². The van der Waals surface area contributed by atoms with Crippen molar-refractivity contribution in [3.05, 3.63) is 0 Å². The van der Waals surface area contributed by atoms with E-state index in [0.29, 0.717) is 12.5 Å². The molecule has 1 heterocycles. The highest BCUT2D eigenvalue weighted by atomic mass is 32.2. The van der Waals surface area contributed by atoms with Gasteiger partial charge in [-0.2, -0.15) is 5.10 Å². The number of nitrogens with one attached hydrogen (secondary N) is 1. The van der Waals surface area contributed by atoms with Gasteiger partial charge in [-0.25, -0.2) is 0 Å². The predicted octanol–water partition coefficient (Wildman–Crippen LogP) is 2.47. The third kappa shape index (κ3) is 6.33. The summed E-state index contributed by atoms with van der Waals surface area (Å²) in [6, 6.07) is 0. The van der Waals surface area contributed by atoms with Crippen molar-refractivity contribution in [1.82, 2.24) is 5.43 Å². The van der Waals surface area contributed by atoms with Gasteiger partial charge in [0.05, 0.1) is 5.88 Å². The highest BCUT2D eigenvalue weighted by molar-refractivity contribution is 8.39. The van der Waals surface area contributed by atoms with Crippen LogP contribution in [0.25, 0.3) is 0 Å². The van der Waals surface area contributed by atoms with Gasteiger partial charge in [-0.1, -0.05) is 43.3 Å². The third-order valence-electron chi connectivity index (χ3n) is 2.31. The SMILES string of the molecule is CC(CO)CCCCCSC1=NNCS1. The molecule has 0 aromatic rings. The van der Waals surface area contributed by atoms with E-state index in [9.17, 15) is 0 Å². The molecule has 0 fully saturated rings. The zero-order valence-electron chi connectivity index (χ0n) is 9.24. The van der Waals surface area contributed by atoms with Crippen LogP contribution in [-0.4, -0.2) is 27.7 Å². The van der Waals surface area contributed by atoms with E-state index in [4.69, 9.17) is 5.11 Å². The Labute approximate surface area is 100 Å². The maximum absolute atomic E-state index is 8.85. The van der Waals surface area contributed by atoms with E-state index >= 15 is 0 Å². The fraction of sp³-hybridized carbons (Fsp3) is 0.900. The van der Waals surface area contributed by atoms with Crippen molar-refractivity contribution in [2.75, 3.05) is 18.2 Å². The normalized spacial score (nSPS) is 17.3. The van der Waals surface area contributed by atoms with E-state index in [1.54, 1.807) is 11.8 Å². The number of aliphatic hydroxyl groups is 1. The van der Waals surface area contributed by atoms with Crippen LogP contribution in [0.5, 0.6) is 0 Å². The molecule has 0 saturated heterocycles. The molecule has 0 saturated carbocycles. The lowest BCUT2D eigenvalue weighted by Crippen LogP contribution is -1.99. The summed E-state index contributed by atoms with van der Waals surface area (Å²) >= 11 is 3.63. The van der Waals surface area contributed by atoms with Gasteiger partial charge in [0.2, 0.25) is 0 Å². The average molecular weight is 248 g/mol. The molecule has 0 spiro atoms. The van der Waals surface area contributed by atoms with Crippen LogP contribution < -0.4 is 5.43 Å². The Morgan fingerprint density at radius 2 is 2.40 bits per heavy atom. The van der Waals surface area contributed by atoms with Gasteiger partial charge in [0.1, 0.15) is 0 Å². The lowest BCUT2D eigenvalue weighted by molar-refractivity contribution is 0.227. The van der Waals surface area contributed by atoms with E-state index in [1.165, 1.54) is 29.4 Å². The molecule has 88 valence electrons. The maximum Gasteiger partial charge on any atom is 0.151 e. The Kier molecular flexibility index (Phi) is 7.30. The van der Waals surface area contributed by atoms with E-state index in [0.717, 1.165) is 12.3 Å². The van der Waals surface area contributed by atoms with Gasteiger partial charge < -0.3 is 5.11 Å². The molecule has 1 atom stereocenters. The van der Waals surface area contributed by atoms with Crippen molar-refractivity contribution < 1.29 is 5.11 Å².